The van der Waals surface area contributed by atoms with E-state index < -0.39 is 0 Å². The molecule has 1 heterocycles. The zero-order valence-electron chi connectivity index (χ0n) is 10.7. The van der Waals surface area contributed by atoms with Gasteiger partial charge in [-0.1, -0.05) is 30.5 Å². The summed E-state index contributed by atoms with van der Waals surface area (Å²) in [5.74, 6) is 1.96. The van der Waals surface area contributed by atoms with Crippen LogP contribution in [0.5, 0.6) is 0 Å². The molecule has 0 spiro atoms. The van der Waals surface area contributed by atoms with Crippen LogP contribution in [0.25, 0.3) is 10.9 Å². The molecule has 1 aromatic carbocycles. The van der Waals surface area contributed by atoms with Crippen molar-refractivity contribution in [3.63, 3.8) is 0 Å². The number of hydrogen-bond acceptors (Lipinski definition) is 1. The number of benzene rings is 1. The molecule has 2 aliphatic rings. The Morgan fingerprint density at radius 1 is 1.21 bits per heavy atom. The summed E-state index contributed by atoms with van der Waals surface area (Å²) < 4.78 is 0. The van der Waals surface area contributed by atoms with Crippen LogP contribution in [-0.2, 0) is 0 Å². The zero-order chi connectivity index (χ0) is 13.0. The normalized spacial score (nSPS) is 29.2. The zero-order valence-corrected chi connectivity index (χ0v) is 11.4. The molecule has 3 heteroatoms. The lowest BCUT2D eigenvalue weighted by molar-refractivity contribution is 0.0958. The molecule has 0 bridgehead atoms. The van der Waals surface area contributed by atoms with Crippen LogP contribution in [0.3, 0.4) is 0 Å². The van der Waals surface area contributed by atoms with E-state index in [1.807, 2.05) is 24.4 Å². The van der Waals surface area contributed by atoms with Crippen LogP contribution in [0.2, 0.25) is 5.02 Å². The Morgan fingerprint density at radius 3 is 2.68 bits per heavy atom. The van der Waals surface area contributed by atoms with Crippen molar-refractivity contribution in [2.75, 3.05) is 0 Å². The Kier molecular flexibility index (Phi) is 2.49. The van der Waals surface area contributed by atoms with Crippen LogP contribution in [0.15, 0.2) is 24.4 Å². The van der Waals surface area contributed by atoms with E-state index in [1.165, 1.54) is 25.7 Å². The maximum atomic E-state index is 12.7. The molecule has 2 atom stereocenters. The minimum atomic E-state index is 0.289. The molecule has 1 aromatic heterocycles. The van der Waals surface area contributed by atoms with Crippen LogP contribution >= 0.6 is 11.6 Å². The van der Waals surface area contributed by atoms with Gasteiger partial charge in [-0.3, -0.25) is 4.79 Å². The summed E-state index contributed by atoms with van der Waals surface area (Å²) in [4.78, 5) is 15.8. The summed E-state index contributed by atoms with van der Waals surface area (Å²) in [6, 6.07) is 5.69. The monoisotopic (exact) mass is 273 g/mol. The van der Waals surface area contributed by atoms with E-state index in [9.17, 15) is 4.79 Å². The molecule has 0 radical (unpaired) electrons. The number of nitrogens with one attached hydrogen (secondary N) is 1. The summed E-state index contributed by atoms with van der Waals surface area (Å²) in [7, 11) is 0. The second kappa shape index (κ2) is 4.11. The van der Waals surface area contributed by atoms with Crippen molar-refractivity contribution in [2.45, 2.75) is 25.7 Å². The van der Waals surface area contributed by atoms with Gasteiger partial charge in [-0.15, -0.1) is 0 Å². The molecular weight excluding hydrogens is 258 g/mol. The summed E-state index contributed by atoms with van der Waals surface area (Å²) in [6.07, 6.45) is 6.95. The van der Waals surface area contributed by atoms with E-state index in [1.54, 1.807) is 0 Å². The highest BCUT2D eigenvalue weighted by atomic mass is 35.5. The highest BCUT2D eigenvalue weighted by molar-refractivity contribution is 6.31. The molecule has 2 unspecified atom stereocenters. The third-order valence-corrected chi connectivity index (χ3v) is 5.10. The largest absolute Gasteiger partial charge is 0.360 e. The van der Waals surface area contributed by atoms with E-state index in [-0.39, 0.29) is 5.92 Å². The van der Waals surface area contributed by atoms with Gasteiger partial charge in [0.15, 0.2) is 5.78 Å². The van der Waals surface area contributed by atoms with E-state index in [4.69, 9.17) is 11.6 Å². The van der Waals surface area contributed by atoms with Crippen molar-refractivity contribution in [2.24, 2.45) is 17.8 Å². The summed E-state index contributed by atoms with van der Waals surface area (Å²) in [6.45, 7) is 0. The van der Waals surface area contributed by atoms with E-state index in [0.717, 1.165) is 16.5 Å². The summed E-state index contributed by atoms with van der Waals surface area (Å²) >= 11 is 5.98. The molecule has 2 saturated carbocycles. The number of aromatic nitrogens is 1. The van der Waals surface area contributed by atoms with E-state index >= 15 is 0 Å². The molecule has 4 rings (SSSR count). The third-order valence-electron chi connectivity index (χ3n) is 4.87. The molecule has 2 aromatic rings. The van der Waals surface area contributed by atoms with Crippen molar-refractivity contribution < 1.29 is 4.79 Å². The molecule has 0 aliphatic heterocycles. The van der Waals surface area contributed by atoms with Crippen molar-refractivity contribution in [1.29, 1.82) is 0 Å². The SMILES string of the molecule is O=C(c1c[nH]c2cc(Cl)ccc12)C1C2CCCCC21. The number of ketones is 1. The second-order valence-electron chi connectivity index (χ2n) is 5.89. The Balaban J connectivity index is 1.69. The lowest BCUT2D eigenvalue weighted by Gasteiger charge is -2.04. The van der Waals surface area contributed by atoms with Crippen LogP contribution < -0.4 is 0 Å². The fourth-order valence-corrected chi connectivity index (χ4v) is 4.04. The molecule has 2 nitrogen and oxygen atoms in total. The van der Waals surface area contributed by atoms with E-state index in [0.29, 0.717) is 22.6 Å². The van der Waals surface area contributed by atoms with Gasteiger partial charge in [0.25, 0.3) is 0 Å². The highest BCUT2D eigenvalue weighted by Crippen LogP contribution is 2.56. The fraction of sp³-hybridized carbons (Fsp3) is 0.438. The smallest absolute Gasteiger partial charge is 0.168 e. The minimum absolute atomic E-state index is 0.289. The lowest BCUT2D eigenvalue weighted by Crippen LogP contribution is -2.03. The number of carbonyl (C=O) groups is 1. The van der Waals surface area contributed by atoms with Gasteiger partial charge in [-0.2, -0.15) is 0 Å². The Morgan fingerprint density at radius 2 is 1.95 bits per heavy atom. The predicted molar refractivity (Wildman–Crippen MR) is 76.6 cm³/mol. The second-order valence-corrected chi connectivity index (χ2v) is 6.33. The van der Waals surface area contributed by atoms with Crippen molar-refractivity contribution in [1.82, 2.24) is 4.98 Å². The number of rotatable bonds is 2. The van der Waals surface area contributed by atoms with Gasteiger partial charge >= 0.3 is 0 Å². The number of carbonyl (C=O) groups excluding carboxylic acids is 1. The summed E-state index contributed by atoms with van der Waals surface area (Å²) in [5, 5.41) is 1.71. The average molecular weight is 274 g/mol. The number of fused-ring (bicyclic) bond motifs is 2. The molecule has 2 aliphatic carbocycles. The molecule has 1 N–H and O–H groups in total. The highest BCUT2D eigenvalue weighted by Gasteiger charge is 2.54. The maximum absolute atomic E-state index is 12.7. The number of Topliss-reactive ketones (excluding diaryl/α,β-unsaturated/α-hetero) is 1. The van der Waals surface area contributed by atoms with Gasteiger partial charge < -0.3 is 4.98 Å². The Hall–Kier alpha value is -1.28. The Labute approximate surface area is 117 Å². The topological polar surface area (TPSA) is 32.9 Å². The van der Waals surface area contributed by atoms with Crippen LogP contribution in [-0.4, -0.2) is 10.8 Å². The third kappa shape index (κ3) is 1.73. The van der Waals surface area contributed by atoms with Crippen molar-refractivity contribution in [3.8, 4) is 0 Å². The summed E-state index contributed by atoms with van der Waals surface area (Å²) in [5.41, 5.74) is 1.81. The fourth-order valence-electron chi connectivity index (χ4n) is 3.86. The number of H-pyrrole nitrogens is 1. The molecular formula is C16H16ClNO. The van der Waals surface area contributed by atoms with Crippen molar-refractivity contribution in [3.05, 3.63) is 35.0 Å². The standard InChI is InChI=1S/C16H16ClNO/c17-9-5-6-10-13(8-18-14(10)7-9)16(19)15-11-3-1-2-4-12(11)15/h5-8,11-12,15,18H,1-4H2. The average Bonchev–Trinajstić information content (AvgIpc) is 3.01. The number of halogens is 1. The van der Waals surface area contributed by atoms with Crippen LogP contribution in [0.1, 0.15) is 36.0 Å². The molecule has 2 fully saturated rings. The first kappa shape index (κ1) is 11.5. The molecule has 0 saturated heterocycles. The quantitative estimate of drug-likeness (QED) is 0.806. The first-order valence-electron chi connectivity index (χ1n) is 7.06. The van der Waals surface area contributed by atoms with E-state index in [2.05, 4.69) is 4.98 Å². The van der Waals surface area contributed by atoms with Crippen LogP contribution in [0, 0.1) is 17.8 Å². The van der Waals surface area contributed by atoms with Gasteiger partial charge in [0.1, 0.15) is 0 Å². The lowest BCUT2D eigenvalue weighted by atomic mass is 10.0. The molecule has 0 amide bonds. The van der Waals surface area contributed by atoms with Gasteiger partial charge in [0.2, 0.25) is 0 Å². The van der Waals surface area contributed by atoms with Crippen molar-refractivity contribution >= 4 is 28.3 Å². The maximum Gasteiger partial charge on any atom is 0.168 e. The van der Waals surface area contributed by atoms with Gasteiger partial charge in [0.05, 0.1) is 0 Å². The first-order chi connectivity index (χ1) is 9.25. The Bertz CT molecular complexity index is 648. The molecule has 19 heavy (non-hydrogen) atoms. The van der Waals surface area contributed by atoms with Crippen LogP contribution in [0.4, 0.5) is 0 Å². The molecule has 98 valence electrons. The van der Waals surface area contributed by atoms with Gasteiger partial charge in [0, 0.05) is 33.6 Å². The number of aromatic amines is 1. The minimum Gasteiger partial charge on any atom is -0.360 e. The van der Waals surface area contributed by atoms with Gasteiger partial charge in [-0.25, -0.2) is 0 Å². The predicted octanol–water partition coefficient (Wildman–Crippen LogP) is 4.44. The first-order valence-corrected chi connectivity index (χ1v) is 7.44. The number of hydrogen-bond donors (Lipinski definition) is 1. The van der Waals surface area contributed by atoms with Gasteiger partial charge in [-0.05, 0) is 36.8 Å².